The maximum atomic E-state index is 5.17. The molecule has 0 aliphatic carbocycles. The molecule has 1 aromatic heterocycles. The molecule has 0 fully saturated rings. The number of methoxy groups -OCH3 is 1. The number of pyridine rings is 1. The molecule has 0 aliphatic heterocycles. The van der Waals surface area contributed by atoms with Crippen molar-refractivity contribution >= 4 is 0 Å². The van der Waals surface area contributed by atoms with Crippen molar-refractivity contribution in [3.63, 3.8) is 0 Å². The topological polar surface area (TPSA) is 34.1 Å². The van der Waals surface area contributed by atoms with E-state index in [1.54, 1.807) is 13.3 Å². The highest BCUT2D eigenvalue weighted by Gasteiger charge is 2.07. The van der Waals surface area contributed by atoms with Crippen LogP contribution in [0.4, 0.5) is 0 Å². The Balaban J connectivity index is 2.48. The van der Waals surface area contributed by atoms with E-state index in [9.17, 15) is 0 Å². The lowest BCUT2D eigenvalue weighted by Crippen LogP contribution is -2.24. The Morgan fingerprint density at radius 3 is 2.69 bits per heavy atom. The first-order chi connectivity index (χ1) is 7.63. The van der Waals surface area contributed by atoms with E-state index in [4.69, 9.17) is 4.74 Å². The van der Waals surface area contributed by atoms with Gasteiger partial charge in [-0.15, -0.1) is 0 Å². The van der Waals surface area contributed by atoms with Crippen LogP contribution in [0.1, 0.15) is 38.7 Å². The van der Waals surface area contributed by atoms with Crippen LogP contribution in [-0.4, -0.2) is 24.7 Å². The molecule has 1 N–H and O–H groups in total. The van der Waals surface area contributed by atoms with Gasteiger partial charge in [-0.25, -0.2) is 0 Å². The molecule has 3 nitrogen and oxygen atoms in total. The summed E-state index contributed by atoms with van der Waals surface area (Å²) in [6, 6.07) is 2.61. The molecule has 0 bridgehead atoms. The summed E-state index contributed by atoms with van der Waals surface area (Å²) >= 11 is 0. The molecule has 0 saturated carbocycles. The molecule has 0 aromatic carbocycles. The van der Waals surface area contributed by atoms with Gasteiger partial charge in [0.15, 0.2) is 0 Å². The third-order valence-electron chi connectivity index (χ3n) is 2.67. The minimum atomic E-state index is 0.508. The zero-order chi connectivity index (χ0) is 12.0. The fourth-order valence-corrected chi connectivity index (χ4v) is 1.57. The van der Waals surface area contributed by atoms with Gasteiger partial charge >= 0.3 is 0 Å². The van der Waals surface area contributed by atoms with E-state index in [1.807, 2.05) is 6.20 Å². The minimum absolute atomic E-state index is 0.508. The number of ether oxygens (including phenoxy) is 1. The fraction of sp³-hybridized carbons (Fsp3) is 0.615. The van der Waals surface area contributed by atoms with Crippen molar-refractivity contribution < 1.29 is 4.74 Å². The van der Waals surface area contributed by atoms with Gasteiger partial charge in [0.25, 0.3) is 0 Å². The van der Waals surface area contributed by atoms with Gasteiger partial charge in [-0.05, 0) is 30.5 Å². The molecule has 0 saturated heterocycles. The fourth-order valence-electron chi connectivity index (χ4n) is 1.57. The van der Waals surface area contributed by atoms with E-state index >= 15 is 0 Å². The number of rotatable bonds is 6. The third kappa shape index (κ3) is 4.19. The van der Waals surface area contributed by atoms with Crippen molar-refractivity contribution in [3.8, 4) is 5.75 Å². The van der Waals surface area contributed by atoms with Crippen LogP contribution in [0.5, 0.6) is 5.75 Å². The van der Waals surface area contributed by atoms with Gasteiger partial charge in [-0.2, -0.15) is 0 Å². The van der Waals surface area contributed by atoms with E-state index < -0.39 is 0 Å². The Morgan fingerprint density at radius 1 is 1.31 bits per heavy atom. The van der Waals surface area contributed by atoms with Gasteiger partial charge in [0.1, 0.15) is 5.75 Å². The van der Waals surface area contributed by atoms with Crippen LogP contribution in [0.3, 0.4) is 0 Å². The molecule has 3 heteroatoms. The van der Waals surface area contributed by atoms with Crippen LogP contribution in [0.2, 0.25) is 0 Å². The standard InChI is InChI=1S/C13H22N2O/c1-10(2)15-6-5-11(3)12-7-13(16-4)9-14-8-12/h7-11,15H,5-6H2,1-4H3. The van der Waals surface area contributed by atoms with Crippen LogP contribution in [0.25, 0.3) is 0 Å². The van der Waals surface area contributed by atoms with E-state index in [1.165, 1.54) is 5.56 Å². The quantitative estimate of drug-likeness (QED) is 0.803. The molecule has 1 heterocycles. The van der Waals surface area contributed by atoms with Crippen LogP contribution < -0.4 is 10.1 Å². The summed E-state index contributed by atoms with van der Waals surface area (Å²) < 4.78 is 5.17. The largest absolute Gasteiger partial charge is 0.495 e. The van der Waals surface area contributed by atoms with Crippen LogP contribution in [0, 0.1) is 0 Å². The SMILES string of the molecule is COc1cncc(C(C)CCNC(C)C)c1. The summed E-state index contributed by atoms with van der Waals surface area (Å²) in [7, 11) is 1.67. The molecule has 0 amide bonds. The summed E-state index contributed by atoms with van der Waals surface area (Å²) in [5.74, 6) is 1.34. The average Bonchev–Trinajstić information content (AvgIpc) is 2.28. The van der Waals surface area contributed by atoms with Crippen molar-refractivity contribution in [2.24, 2.45) is 0 Å². The predicted molar refractivity (Wildman–Crippen MR) is 67.0 cm³/mol. The van der Waals surface area contributed by atoms with Gasteiger partial charge in [-0.3, -0.25) is 4.98 Å². The van der Waals surface area contributed by atoms with Crippen LogP contribution >= 0.6 is 0 Å². The van der Waals surface area contributed by atoms with Gasteiger partial charge in [0, 0.05) is 12.2 Å². The Labute approximate surface area is 98.2 Å². The number of aromatic nitrogens is 1. The Kier molecular flexibility index (Phi) is 5.26. The third-order valence-corrected chi connectivity index (χ3v) is 2.67. The first-order valence-corrected chi connectivity index (χ1v) is 5.85. The lowest BCUT2D eigenvalue weighted by Gasteiger charge is -2.14. The molecule has 1 unspecified atom stereocenters. The number of nitrogens with one attached hydrogen (secondary N) is 1. The molecular formula is C13H22N2O. The van der Waals surface area contributed by atoms with Crippen molar-refractivity contribution in [2.75, 3.05) is 13.7 Å². The van der Waals surface area contributed by atoms with E-state index in [2.05, 4.69) is 37.1 Å². The van der Waals surface area contributed by atoms with Crippen LogP contribution in [-0.2, 0) is 0 Å². The van der Waals surface area contributed by atoms with Crippen molar-refractivity contribution in [1.29, 1.82) is 0 Å². The Hall–Kier alpha value is -1.09. The second-order valence-corrected chi connectivity index (χ2v) is 4.46. The monoisotopic (exact) mass is 222 g/mol. The van der Waals surface area contributed by atoms with E-state index in [-0.39, 0.29) is 0 Å². The maximum Gasteiger partial charge on any atom is 0.137 e. The van der Waals surface area contributed by atoms with Gasteiger partial charge in [-0.1, -0.05) is 20.8 Å². The summed E-state index contributed by atoms with van der Waals surface area (Å²) in [5, 5.41) is 3.42. The zero-order valence-corrected chi connectivity index (χ0v) is 10.7. The highest BCUT2D eigenvalue weighted by molar-refractivity contribution is 5.25. The molecule has 0 radical (unpaired) electrons. The van der Waals surface area contributed by atoms with Crippen molar-refractivity contribution in [3.05, 3.63) is 24.0 Å². The van der Waals surface area contributed by atoms with Gasteiger partial charge in [0.2, 0.25) is 0 Å². The summed E-state index contributed by atoms with van der Waals surface area (Å²) in [4.78, 5) is 4.17. The van der Waals surface area contributed by atoms with E-state index in [0.717, 1.165) is 18.7 Å². The Morgan fingerprint density at radius 2 is 2.06 bits per heavy atom. The highest BCUT2D eigenvalue weighted by atomic mass is 16.5. The van der Waals surface area contributed by atoms with Gasteiger partial charge < -0.3 is 10.1 Å². The maximum absolute atomic E-state index is 5.17. The van der Waals surface area contributed by atoms with E-state index in [0.29, 0.717) is 12.0 Å². The van der Waals surface area contributed by atoms with Gasteiger partial charge in [0.05, 0.1) is 13.3 Å². The number of hydrogen-bond donors (Lipinski definition) is 1. The summed E-state index contributed by atoms with van der Waals surface area (Å²) in [6.45, 7) is 7.59. The summed E-state index contributed by atoms with van der Waals surface area (Å²) in [6.07, 6.45) is 4.78. The van der Waals surface area contributed by atoms with Crippen molar-refractivity contribution in [2.45, 2.75) is 39.2 Å². The first kappa shape index (κ1) is 13.0. The normalized spacial score (nSPS) is 12.8. The second kappa shape index (κ2) is 6.48. The molecule has 90 valence electrons. The highest BCUT2D eigenvalue weighted by Crippen LogP contribution is 2.21. The number of hydrogen-bond acceptors (Lipinski definition) is 3. The molecular weight excluding hydrogens is 200 g/mol. The van der Waals surface area contributed by atoms with Crippen LogP contribution in [0.15, 0.2) is 18.5 Å². The molecule has 1 rings (SSSR count). The number of nitrogens with zero attached hydrogens (tertiary/aromatic N) is 1. The molecule has 0 spiro atoms. The summed E-state index contributed by atoms with van der Waals surface area (Å²) in [5.41, 5.74) is 1.24. The smallest absolute Gasteiger partial charge is 0.137 e. The lowest BCUT2D eigenvalue weighted by atomic mass is 9.99. The second-order valence-electron chi connectivity index (χ2n) is 4.46. The van der Waals surface area contributed by atoms with Crippen molar-refractivity contribution in [1.82, 2.24) is 10.3 Å². The predicted octanol–water partition coefficient (Wildman–Crippen LogP) is 2.58. The Bertz CT molecular complexity index is 313. The lowest BCUT2D eigenvalue weighted by molar-refractivity contribution is 0.411. The first-order valence-electron chi connectivity index (χ1n) is 5.85. The minimum Gasteiger partial charge on any atom is -0.495 e. The average molecular weight is 222 g/mol. The molecule has 16 heavy (non-hydrogen) atoms. The molecule has 0 aliphatic rings. The molecule has 1 aromatic rings. The zero-order valence-electron chi connectivity index (χ0n) is 10.7. The molecule has 1 atom stereocenters.